The summed E-state index contributed by atoms with van der Waals surface area (Å²) in [5.74, 6) is 0. The molecule has 3 heteroatoms. The van der Waals surface area contributed by atoms with Crippen LogP contribution in [0.4, 0.5) is 0 Å². The second-order valence-electron chi connectivity index (χ2n) is 5.35. The van der Waals surface area contributed by atoms with E-state index in [-0.39, 0.29) is 11.0 Å². The standard InChI is InChI=1S/C12H22N2O/c1-11(2,8-13)6-4-5-7-15-12(3)9-14-10-12/h14H,4-7,9-10H2,1-3H3. The zero-order valence-electron chi connectivity index (χ0n) is 10.1. The molecule has 0 unspecified atom stereocenters. The molecule has 15 heavy (non-hydrogen) atoms. The second kappa shape index (κ2) is 4.96. The lowest BCUT2D eigenvalue weighted by Crippen LogP contribution is -2.59. The van der Waals surface area contributed by atoms with Gasteiger partial charge in [-0.05, 0) is 40.0 Å². The zero-order chi connectivity index (χ0) is 11.4. The van der Waals surface area contributed by atoms with Crippen LogP contribution in [-0.2, 0) is 4.74 Å². The van der Waals surface area contributed by atoms with Crippen LogP contribution in [0.3, 0.4) is 0 Å². The van der Waals surface area contributed by atoms with Gasteiger partial charge in [0.15, 0.2) is 0 Å². The predicted octanol–water partition coefficient (Wildman–Crippen LogP) is 2.08. The third-order valence-corrected chi connectivity index (χ3v) is 2.95. The molecule has 1 aliphatic heterocycles. The number of hydrogen-bond donors (Lipinski definition) is 1. The van der Waals surface area contributed by atoms with Crippen molar-refractivity contribution >= 4 is 0 Å². The van der Waals surface area contributed by atoms with E-state index >= 15 is 0 Å². The molecule has 0 amide bonds. The highest BCUT2D eigenvalue weighted by Crippen LogP contribution is 2.22. The molecule has 0 bridgehead atoms. The first-order valence-corrected chi connectivity index (χ1v) is 5.73. The maximum absolute atomic E-state index is 8.84. The van der Waals surface area contributed by atoms with Crippen LogP contribution in [0.15, 0.2) is 0 Å². The van der Waals surface area contributed by atoms with Gasteiger partial charge in [0.1, 0.15) is 0 Å². The molecule has 3 nitrogen and oxygen atoms in total. The number of hydrogen-bond acceptors (Lipinski definition) is 3. The van der Waals surface area contributed by atoms with Gasteiger partial charge in [-0.2, -0.15) is 5.26 Å². The van der Waals surface area contributed by atoms with Gasteiger partial charge in [-0.1, -0.05) is 0 Å². The van der Waals surface area contributed by atoms with Gasteiger partial charge in [0, 0.05) is 19.7 Å². The average Bonchev–Trinajstić information content (AvgIpc) is 2.14. The third-order valence-electron chi connectivity index (χ3n) is 2.95. The molecule has 1 fully saturated rings. The number of unbranched alkanes of at least 4 members (excludes halogenated alkanes) is 1. The SMILES string of the molecule is CC(C)(C#N)CCCCOC1(C)CNC1. The molecule has 1 N–H and O–H groups in total. The minimum absolute atomic E-state index is 0.0742. The van der Waals surface area contributed by atoms with Crippen molar-refractivity contribution in [2.75, 3.05) is 19.7 Å². The quantitative estimate of drug-likeness (QED) is 0.683. The van der Waals surface area contributed by atoms with Crippen LogP contribution < -0.4 is 5.32 Å². The number of rotatable bonds is 6. The van der Waals surface area contributed by atoms with E-state index in [9.17, 15) is 0 Å². The fourth-order valence-corrected chi connectivity index (χ4v) is 1.62. The number of nitrogens with one attached hydrogen (secondary N) is 1. The van der Waals surface area contributed by atoms with Crippen molar-refractivity contribution < 1.29 is 4.74 Å². The molecular formula is C12H22N2O. The summed E-state index contributed by atoms with van der Waals surface area (Å²) in [5.41, 5.74) is -0.104. The van der Waals surface area contributed by atoms with Crippen LogP contribution in [0, 0.1) is 16.7 Å². The Hall–Kier alpha value is -0.590. The van der Waals surface area contributed by atoms with Crippen molar-refractivity contribution in [3.63, 3.8) is 0 Å². The van der Waals surface area contributed by atoms with Gasteiger partial charge in [0.25, 0.3) is 0 Å². The largest absolute Gasteiger partial charge is 0.373 e. The van der Waals surface area contributed by atoms with Crippen molar-refractivity contribution in [2.24, 2.45) is 5.41 Å². The van der Waals surface area contributed by atoms with Gasteiger partial charge in [0.05, 0.1) is 17.1 Å². The van der Waals surface area contributed by atoms with Gasteiger partial charge >= 0.3 is 0 Å². The Morgan fingerprint density at radius 1 is 1.40 bits per heavy atom. The normalized spacial score (nSPS) is 19.3. The van der Waals surface area contributed by atoms with E-state index < -0.39 is 0 Å². The molecule has 0 saturated carbocycles. The van der Waals surface area contributed by atoms with Crippen molar-refractivity contribution in [1.29, 1.82) is 5.26 Å². The zero-order valence-corrected chi connectivity index (χ0v) is 10.1. The Morgan fingerprint density at radius 2 is 2.07 bits per heavy atom. The summed E-state index contributed by atoms with van der Waals surface area (Å²) >= 11 is 0. The van der Waals surface area contributed by atoms with Gasteiger partial charge in [-0.15, -0.1) is 0 Å². The lowest BCUT2D eigenvalue weighted by atomic mass is 9.89. The lowest BCUT2D eigenvalue weighted by molar-refractivity contribution is -0.0679. The van der Waals surface area contributed by atoms with E-state index in [1.54, 1.807) is 0 Å². The van der Waals surface area contributed by atoms with E-state index in [0.717, 1.165) is 39.0 Å². The molecule has 1 aliphatic rings. The summed E-state index contributed by atoms with van der Waals surface area (Å²) in [6.07, 6.45) is 3.09. The molecule has 0 spiro atoms. The topological polar surface area (TPSA) is 45.0 Å². The van der Waals surface area contributed by atoms with Crippen LogP contribution in [0.25, 0.3) is 0 Å². The molecule has 1 rings (SSSR count). The van der Waals surface area contributed by atoms with Crippen LogP contribution in [0.2, 0.25) is 0 Å². The highest BCUT2D eigenvalue weighted by atomic mass is 16.5. The van der Waals surface area contributed by atoms with E-state index in [1.807, 2.05) is 13.8 Å². The van der Waals surface area contributed by atoms with Crippen molar-refractivity contribution in [2.45, 2.75) is 45.6 Å². The number of nitrogens with zero attached hydrogens (tertiary/aromatic N) is 1. The fourth-order valence-electron chi connectivity index (χ4n) is 1.62. The molecule has 0 aromatic heterocycles. The van der Waals surface area contributed by atoms with E-state index in [0.29, 0.717) is 0 Å². The lowest BCUT2D eigenvalue weighted by Gasteiger charge is -2.39. The molecule has 0 aromatic carbocycles. The average molecular weight is 210 g/mol. The molecule has 1 saturated heterocycles. The molecular weight excluding hydrogens is 188 g/mol. The van der Waals surface area contributed by atoms with Crippen molar-refractivity contribution in [1.82, 2.24) is 5.32 Å². The third kappa shape index (κ3) is 4.19. The Kier molecular flexibility index (Phi) is 4.12. The Labute approximate surface area is 92.8 Å². The Balaban J connectivity index is 2.00. The first kappa shape index (κ1) is 12.5. The van der Waals surface area contributed by atoms with Gasteiger partial charge < -0.3 is 10.1 Å². The predicted molar refractivity (Wildman–Crippen MR) is 60.5 cm³/mol. The minimum atomic E-state index is -0.179. The molecule has 86 valence electrons. The van der Waals surface area contributed by atoms with Gasteiger partial charge in [-0.25, -0.2) is 0 Å². The van der Waals surface area contributed by atoms with E-state index in [2.05, 4.69) is 18.3 Å². The summed E-state index contributed by atoms with van der Waals surface area (Å²) in [6.45, 7) is 8.88. The highest BCUT2D eigenvalue weighted by molar-refractivity contribution is 4.91. The molecule has 0 aliphatic carbocycles. The second-order valence-corrected chi connectivity index (χ2v) is 5.35. The maximum Gasteiger partial charge on any atom is 0.0901 e. The monoisotopic (exact) mass is 210 g/mol. The minimum Gasteiger partial charge on any atom is -0.373 e. The number of nitriles is 1. The van der Waals surface area contributed by atoms with Crippen molar-refractivity contribution in [3.8, 4) is 6.07 Å². The first-order chi connectivity index (χ1) is 6.97. The molecule has 1 heterocycles. The van der Waals surface area contributed by atoms with Crippen LogP contribution >= 0.6 is 0 Å². The van der Waals surface area contributed by atoms with Crippen LogP contribution in [0.5, 0.6) is 0 Å². The number of ether oxygens (including phenoxy) is 1. The first-order valence-electron chi connectivity index (χ1n) is 5.73. The maximum atomic E-state index is 8.84. The van der Waals surface area contributed by atoms with Crippen molar-refractivity contribution in [3.05, 3.63) is 0 Å². The van der Waals surface area contributed by atoms with Crippen LogP contribution in [-0.4, -0.2) is 25.3 Å². The summed E-state index contributed by atoms with van der Waals surface area (Å²) < 4.78 is 5.77. The summed E-state index contributed by atoms with van der Waals surface area (Å²) in [5, 5.41) is 12.0. The Morgan fingerprint density at radius 3 is 2.53 bits per heavy atom. The molecule has 0 radical (unpaired) electrons. The van der Waals surface area contributed by atoms with E-state index in [1.165, 1.54) is 0 Å². The summed E-state index contributed by atoms with van der Waals surface area (Å²) in [7, 11) is 0. The Bertz CT molecular complexity index is 238. The molecule has 0 aromatic rings. The smallest absolute Gasteiger partial charge is 0.0901 e. The van der Waals surface area contributed by atoms with E-state index in [4.69, 9.17) is 10.00 Å². The fraction of sp³-hybridized carbons (Fsp3) is 0.917. The summed E-state index contributed by atoms with van der Waals surface area (Å²) in [4.78, 5) is 0. The van der Waals surface area contributed by atoms with Crippen LogP contribution in [0.1, 0.15) is 40.0 Å². The van der Waals surface area contributed by atoms with Gasteiger partial charge in [0.2, 0.25) is 0 Å². The summed E-state index contributed by atoms with van der Waals surface area (Å²) in [6, 6.07) is 2.32. The highest BCUT2D eigenvalue weighted by Gasteiger charge is 2.32. The molecule has 0 atom stereocenters. The van der Waals surface area contributed by atoms with Gasteiger partial charge in [-0.3, -0.25) is 0 Å².